The van der Waals surface area contributed by atoms with E-state index in [1.807, 2.05) is 42.6 Å². The molecule has 0 aliphatic carbocycles. The molecule has 2 aromatic carbocycles. The Morgan fingerprint density at radius 3 is 2.83 bits per heavy atom. The molecule has 2 aromatic heterocycles. The van der Waals surface area contributed by atoms with Gasteiger partial charge in [0.2, 0.25) is 5.91 Å². The lowest BCUT2D eigenvalue weighted by atomic mass is 10.2. The molecule has 0 atom stereocenters. The summed E-state index contributed by atoms with van der Waals surface area (Å²) in [6.07, 6.45) is 2.14. The van der Waals surface area contributed by atoms with Crippen LogP contribution in [0, 0.1) is 4.77 Å². The van der Waals surface area contributed by atoms with E-state index in [0.717, 1.165) is 17.4 Å². The van der Waals surface area contributed by atoms with Gasteiger partial charge >= 0.3 is 0 Å². The molecule has 4 rings (SSSR count). The first-order valence-corrected chi connectivity index (χ1v) is 10.1. The van der Waals surface area contributed by atoms with Crippen molar-refractivity contribution >= 4 is 45.6 Å². The molecular formula is C22H22N4O3S. The van der Waals surface area contributed by atoms with Gasteiger partial charge in [0.1, 0.15) is 0 Å². The molecule has 0 fully saturated rings. The number of anilines is 1. The predicted octanol–water partition coefficient (Wildman–Crippen LogP) is 3.69. The number of nitrogens with zero attached hydrogens (tertiary/aromatic N) is 2. The molecule has 0 aliphatic rings. The molecule has 0 spiro atoms. The lowest BCUT2D eigenvalue weighted by molar-refractivity contribution is -0.116. The van der Waals surface area contributed by atoms with Crippen molar-refractivity contribution in [3.05, 3.63) is 69.9 Å². The highest BCUT2D eigenvalue weighted by atomic mass is 32.1. The fourth-order valence-electron chi connectivity index (χ4n) is 3.50. The third-order valence-electron chi connectivity index (χ3n) is 5.04. The largest absolute Gasteiger partial charge is 0.383 e. The summed E-state index contributed by atoms with van der Waals surface area (Å²) in [5.74, 6) is -0.178. The molecular weight excluding hydrogens is 400 g/mol. The smallest absolute Gasteiger partial charge is 0.262 e. The van der Waals surface area contributed by atoms with Crippen molar-refractivity contribution in [3.8, 4) is 0 Å². The van der Waals surface area contributed by atoms with E-state index < -0.39 is 0 Å². The van der Waals surface area contributed by atoms with E-state index >= 15 is 0 Å². The molecule has 0 unspecified atom stereocenters. The number of methoxy groups -OCH3 is 1. The van der Waals surface area contributed by atoms with Gasteiger partial charge in [-0.1, -0.05) is 12.1 Å². The number of H-pyrrole nitrogens is 1. The summed E-state index contributed by atoms with van der Waals surface area (Å²) in [7, 11) is 1.68. The zero-order chi connectivity index (χ0) is 21.1. The Morgan fingerprint density at radius 2 is 2.00 bits per heavy atom. The summed E-state index contributed by atoms with van der Waals surface area (Å²) in [6.45, 7) is 1.62. The Kier molecular flexibility index (Phi) is 5.78. The maximum atomic E-state index is 12.7. The van der Waals surface area contributed by atoms with Crippen molar-refractivity contribution in [2.75, 3.05) is 19.0 Å². The van der Waals surface area contributed by atoms with Gasteiger partial charge in [-0.3, -0.25) is 14.2 Å². The molecule has 0 radical (unpaired) electrons. The van der Waals surface area contributed by atoms with Crippen LogP contribution in [0.5, 0.6) is 0 Å². The molecule has 2 heterocycles. The van der Waals surface area contributed by atoms with Gasteiger partial charge in [-0.15, -0.1) is 0 Å². The standard InChI is InChI=1S/C22H22N4O3S/c1-29-13-12-25-10-8-15-14-16(6-7-19(15)25)23-20(27)9-11-26-21(28)17-4-2-3-5-18(17)24-22(26)30/h2-8,10,14H,9,11-13H2,1H3,(H,23,27)(H,24,30). The van der Waals surface area contributed by atoms with Crippen molar-refractivity contribution in [2.24, 2.45) is 0 Å². The van der Waals surface area contributed by atoms with Gasteiger partial charge in [0.05, 0.1) is 17.5 Å². The second-order valence-electron chi connectivity index (χ2n) is 7.01. The fourth-order valence-corrected chi connectivity index (χ4v) is 3.79. The first-order chi connectivity index (χ1) is 14.6. The summed E-state index contributed by atoms with van der Waals surface area (Å²) in [5.41, 5.74) is 2.30. The number of aromatic amines is 1. The quantitative estimate of drug-likeness (QED) is 0.445. The van der Waals surface area contributed by atoms with Gasteiger partial charge in [0.15, 0.2) is 4.77 Å². The average molecular weight is 423 g/mol. The SMILES string of the molecule is COCCn1ccc2cc(NC(=O)CCn3c(=S)[nH]c4ccccc4c3=O)ccc21. The van der Waals surface area contributed by atoms with Crippen molar-refractivity contribution in [1.82, 2.24) is 14.1 Å². The minimum atomic E-state index is -0.194. The third-order valence-corrected chi connectivity index (χ3v) is 5.37. The fraction of sp³-hybridized carbons (Fsp3) is 0.227. The van der Waals surface area contributed by atoms with Gasteiger partial charge in [0.25, 0.3) is 5.56 Å². The Labute approximate surface area is 177 Å². The first-order valence-electron chi connectivity index (χ1n) is 9.66. The van der Waals surface area contributed by atoms with Crippen LogP contribution in [0.15, 0.2) is 59.5 Å². The van der Waals surface area contributed by atoms with Gasteiger partial charge in [0, 0.05) is 49.4 Å². The van der Waals surface area contributed by atoms with Crippen LogP contribution >= 0.6 is 12.2 Å². The third kappa shape index (κ3) is 4.05. The van der Waals surface area contributed by atoms with E-state index in [-0.39, 0.29) is 24.4 Å². The average Bonchev–Trinajstić information content (AvgIpc) is 3.14. The number of carbonyl (C=O) groups is 1. The number of hydrogen-bond acceptors (Lipinski definition) is 4. The summed E-state index contributed by atoms with van der Waals surface area (Å²) in [6, 6.07) is 15.0. The van der Waals surface area contributed by atoms with Crippen molar-refractivity contribution in [1.29, 1.82) is 0 Å². The van der Waals surface area contributed by atoms with Crippen LogP contribution < -0.4 is 10.9 Å². The number of rotatable bonds is 7. The van der Waals surface area contributed by atoms with Crippen LogP contribution in [0.3, 0.4) is 0 Å². The zero-order valence-corrected chi connectivity index (χ0v) is 17.4. The number of ether oxygens (including phenoxy) is 1. The van der Waals surface area contributed by atoms with E-state index in [1.165, 1.54) is 4.57 Å². The normalized spacial score (nSPS) is 11.2. The molecule has 0 saturated carbocycles. The van der Waals surface area contributed by atoms with Gasteiger partial charge in [-0.25, -0.2) is 0 Å². The number of para-hydroxylation sites is 1. The Balaban J connectivity index is 1.46. The van der Waals surface area contributed by atoms with Crippen LogP contribution in [-0.4, -0.2) is 33.7 Å². The molecule has 0 saturated heterocycles. The van der Waals surface area contributed by atoms with Crippen LogP contribution in [0.1, 0.15) is 6.42 Å². The molecule has 0 bridgehead atoms. The van der Waals surface area contributed by atoms with Gasteiger partial charge in [-0.2, -0.15) is 0 Å². The lowest BCUT2D eigenvalue weighted by Crippen LogP contribution is -2.25. The zero-order valence-electron chi connectivity index (χ0n) is 16.6. The summed E-state index contributed by atoms with van der Waals surface area (Å²) in [4.78, 5) is 28.2. The maximum Gasteiger partial charge on any atom is 0.262 e. The van der Waals surface area contributed by atoms with Crippen LogP contribution in [0.4, 0.5) is 5.69 Å². The van der Waals surface area contributed by atoms with Crippen molar-refractivity contribution < 1.29 is 9.53 Å². The second-order valence-corrected chi connectivity index (χ2v) is 7.39. The number of benzene rings is 2. The van der Waals surface area contributed by atoms with Crippen LogP contribution in [-0.2, 0) is 22.6 Å². The van der Waals surface area contributed by atoms with Crippen molar-refractivity contribution in [3.63, 3.8) is 0 Å². The highest BCUT2D eigenvalue weighted by Gasteiger charge is 2.09. The summed E-state index contributed by atoms with van der Waals surface area (Å²) in [5, 5.41) is 4.49. The van der Waals surface area contributed by atoms with Crippen molar-refractivity contribution in [2.45, 2.75) is 19.5 Å². The number of carbonyl (C=O) groups excluding carboxylic acids is 1. The Hall–Kier alpha value is -3.23. The number of amides is 1. The van der Waals surface area contributed by atoms with E-state index in [1.54, 1.807) is 19.2 Å². The molecule has 30 heavy (non-hydrogen) atoms. The first kappa shape index (κ1) is 20.1. The summed E-state index contributed by atoms with van der Waals surface area (Å²) < 4.78 is 8.98. The predicted molar refractivity (Wildman–Crippen MR) is 120 cm³/mol. The lowest BCUT2D eigenvalue weighted by Gasteiger charge is -2.09. The number of fused-ring (bicyclic) bond motifs is 2. The molecule has 8 heteroatoms. The molecule has 0 aliphatic heterocycles. The molecule has 2 N–H and O–H groups in total. The number of nitrogens with one attached hydrogen (secondary N) is 2. The van der Waals surface area contributed by atoms with Crippen LogP contribution in [0.2, 0.25) is 0 Å². The van der Waals surface area contributed by atoms with Gasteiger partial charge in [-0.05, 0) is 48.6 Å². The van der Waals surface area contributed by atoms with E-state index in [2.05, 4.69) is 14.9 Å². The molecule has 7 nitrogen and oxygen atoms in total. The highest BCUT2D eigenvalue weighted by molar-refractivity contribution is 7.71. The minimum absolute atomic E-state index is 0.141. The van der Waals surface area contributed by atoms with E-state index in [0.29, 0.717) is 28.0 Å². The monoisotopic (exact) mass is 422 g/mol. The van der Waals surface area contributed by atoms with Crippen LogP contribution in [0.25, 0.3) is 21.8 Å². The van der Waals surface area contributed by atoms with E-state index in [9.17, 15) is 9.59 Å². The molecule has 154 valence electrons. The molecule has 4 aromatic rings. The topological polar surface area (TPSA) is 81.0 Å². The van der Waals surface area contributed by atoms with E-state index in [4.69, 9.17) is 17.0 Å². The molecule has 1 amide bonds. The second kappa shape index (κ2) is 8.64. The Morgan fingerprint density at radius 1 is 1.17 bits per heavy atom. The maximum absolute atomic E-state index is 12.7. The minimum Gasteiger partial charge on any atom is -0.383 e. The van der Waals surface area contributed by atoms with Gasteiger partial charge < -0.3 is 19.6 Å². The summed E-state index contributed by atoms with van der Waals surface area (Å²) >= 11 is 5.30. The number of aromatic nitrogens is 3. The highest BCUT2D eigenvalue weighted by Crippen LogP contribution is 2.21. The Bertz CT molecular complexity index is 1340. The number of hydrogen-bond donors (Lipinski definition) is 2.